The predicted octanol–water partition coefficient (Wildman–Crippen LogP) is 2.34. The molecule has 2 aromatic rings. The van der Waals surface area contributed by atoms with Crippen molar-refractivity contribution >= 4 is 23.1 Å². The number of rotatable bonds is 2. The molecule has 1 aliphatic heterocycles. The summed E-state index contributed by atoms with van der Waals surface area (Å²) in [6.07, 6.45) is 0.922. The van der Waals surface area contributed by atoms with E-state index < -0.39 is 0 Å². The van der Waals surface area contributed by atoms with Gasteiger partial charge in [-0.2, -0.15) is 0 Å². The van der Waals surface area contributed by atoms with E-state index in [1.807, 2.05) is 4.90 Å². The second kappa shape index (κ2) is 5.20. The lowest BCUT2D eigenvalue weighted by Crippen LogP contribution is -2.38. The highest BCUT2D eigenvalue weighted by Crippen LogP contribution is 2.33. The number of nitrogens with zero attached hydrogens (tertiary/aromatic N) is 3. The maximum atomic E-state index is 12.5. The molecule has 6 heteroatoms. The molecule has 3 rings (SSSR count). The van der Waals surface area contributed by atoms with Gasteiger partial charge in [-0.15, -0.1) is 21.5 Å². The zero-order valence-corrected chi connectivity index (χ0v) is 12.3. The molecule has 1 atom stereocenters. The number of aromatic nitrogens is 2. The van der Waals surface area contributed by atoms with Gasteiger partial charge < -0.3 is 10.2 Å². The van der Waals surface area contributed by atoms with E-state index in [0.717, 1.165) is 13.0 Å². The Kier molecular flexibility index (Phi) is 3.40. The first kappa shape index (κ1) is 13.1. The summed E-state index contributed by atoms with van der Waals surface area (Å²) in [5.41, 5.74) is 1.66. The van der Waals surface area contributed by atoms with Crippen LogP contribution in [0.1, 0.15) is 33.9 Å². The Hall–Kier alpha value is -1.95. The Balaban J connectivity index is 1.84. The summed E-state index contributed by atoms with van der Waals surface area (Å²) in [7, 11) is 1.77. The number of hydrogen-bond acceptors (Lipinski definition) is 5. The van der Waals surface area contributed by atoms with Crippen LogP contribution in [0.25, 0.3) is 0 Å². The van der Waals surface area contributed by atoms with Crippen molar-refractivity contribution in [3.63, 3.8) is 0 Å². The minimum absolute atomic E-state index is 0.0514. The van der Waals surface area contributed by atoms with Crippen LogP contribution < -0.4 is 5.32 Å². The molecule has 5 nitrogen and oxygen atoms in total. The van der Waals surface area contributed by atoms with Crippen molar-refractivity contribution in [1.82, 2.24) is 15.1 Å². The van der Waals surface area contributed by atoms with Crippen molar-refractivity contribution in [3.05, 3.63) is 39.7 Å². The van der Waals surface area contributed by atoms with Crippen LogP contribution >= 0.6 is 11.3 Å². The van der Waals surface area contributed by atoms with Crippen molar-refractivity contribution in [2.24, 2.45) is 0 Å². The Morgan fingerprint density at radius 3 is 2.95 bits per heavy atom. The van der Waals surface area contributed by atoms with Gasteiger partial charge in [0.05, 0.1) is 6.04 Å². The molecule has 1 unspecified atom stereocenters. The molecule has 20 heavy (non-hydrogen) atoms. The average molecular weight is 288 g/mol. The summed E-state index contributed by atoms with van der Waals surface area (Å²) in [4.78, 5) is 15.8. The Morgan fingerprint density at radius 1 is 1.40 bits per heavy atom. The molecule has 0 aromatic carbocycles. The van der Waals surface area contributed by atoms with Gasteiger partial charge in [0.2, 0.25) is 0 Å². The number of carbonyl (C=O) groups is 1. The third-order valence-corrected chi connectivity index (χ3v) is 4.67. The molecule has 0 saturated heterocycles. The second-order valence-electron chi connectivity index (χ2n) is 4.78. The topological polar surface area (TPSA) is 58.1 Å². The molecule has 0 spiro atoms. The van der Waals surface area contributed by atoms with Gasteiger partial charge in [-0.1, -0.05) is 0 Å². The number of fused-ring (bicyclic) bond motifs is 1. The van der Waals surface area contributed by atoms with E-state index in [1.54, 1.807) is 30.5 Å². The molecule has 0 aliphatic carbocycles. The van der Waals surface area contributed by atoms with E-state index in [2.05, 4.69) is 33.9 Å². The lowest BCUT2D eigenvalue weighted by molar-refractivity contribution is 0.0672. The Labute approximate surface area is 121 Å². The maximum Gasteiger partial charge on any atom is 0.274 e. The van der Waals surface area contributed by atoms with E-state index >= 15 is 0 Å². The lowest BCUT2D eigenvalue weighted by atomic mass is 10.0. The largest absolute Gasteiger partial charge is 0.372 e. The number of amides is 1. The first-order valence-corrected chi connectivity index (χ1v) is 7.47. The Bertz CT molecular complexity index is 622. The van der Waals surface area contributed by atoms with Crippen LogP contribution in [-0.4, -0.2) is 34.6 Å². The Morgan fingerprint density at radius 2 is 2.25 bits per heavy atom. The SMILES string of the molecule is CNc1ccc(C(=O)N2CCc3sccc3C2C)nn1. The second-order valence-corrected chi connectivity index (χ2v) is 5.78. The molecule has 1 amide bonds. The fourth-order valence-electron chi connectivity index (χ4n) is 2.51. The van der Waals surface area contributed by atoms with Crippen LogP contribution in [-0.2, 0) is 6.42 Å². The van der Waals surface area contributed by atoms with Gasteiger partial charge in [-0.05, 0) is 42.5 Å². The molecule has 0 fully saturated rings. The molecule has 1 aliphatic rings. The number of nitrogens with one attached hydrogen (secondary N) is 1. The summed E-state index contributed by atoms with van der Waals surface area (Å²) in [5.74, 6) is 0.609. The smallest absolute Gasteiger partial charge is 0.274 e. The predicted molar refractivity (Wildman–Crippen MR) is 79.1 cm³/mol. The quantitative estimate of drug-likeness (QED) is 0.921. The van der Waals surface area contributed by atoms with Gasteiger partial charge >= 0.3 is 0 Å². The average Bonchev–Trinajstić information content (AvgIpc) is 2.96. The normalized spacial score (nSPS) is 17.7. The van der Waals surface area contributed by atoms with Crippen molar-refractivity contribution < 1.29 is 4.79 Å². The molecule has 104 valence electrons. The maximum absolute atomic E-state index is 12.5. The minimum atomic E-state index is -0.0514. The molecule has 0 saturated carbocycles. The van der Waals surface area contributed by atoms with E-state index in [9.17, 15) is 4.79 Å². The first-order valence-electron chi connectivity index (χ1n) is 6.59. The number of hydrogen-bond donors (Lipinski definition) is 1. The summed E-state index contributed by atoms with van der Waals surface area (Å²) >= 11 is 1.77. The van der Waals surface area contributed by atoms with Crippen LogP contribution in [0, 0.1) is 0 Å². The third-order valence-electron chi connectivity index (χ3n) is 3.68. The fourth-order valence-corrected chi connectivity index (χ4v) is 3.48. The van der Waals surface area contributed by atoms with Gasteiger partial charge in [-0.3, -0.25) is 4.79 Å². The van der Waals surface area contributed by atoms with Gasteiger partial charge in [0, 0.05) is 18.5 Å². The molecule has 1 N–H and O–H groups in total. The highest BCUT2D eigenvalue weighted by atomic mass is 32.1. The number of anilines is 1. The van der Waals surface area contributed by atoms with Gasteiger partial charge in [0.25, 0.3) is 5.91 Å². The van der Waals surface area contributed by atoms with E-state index in [0.29, 0.717) is 11.5 Å². The molecule has 3 heterocycles. The standard InChI is InChI=1S/C14H16N4OS/c1-9-10-6-8-20-12(10)5-7-18(9)14(19)11-3-4-13(15-2)17-16-11/h3-4,6,8-9H,5,7H2,1-2H3,(H,15,17). The van der Waals surface area contributed by atoms with Crippen LogP contribution in [0.3, 0.4) is 0 Å². The van der Waals surface area contributed by atoms with Crippen LogP contribution in [0.5, 0.6) is 0 Å². The summed E-state index contributed by atoms with van der Waals surface area (Å²) in [6, 6.07) is 5.70. The summed E-state index contributed by atoms with van der Waals surface area (Å²) in [6.45, 7) is 2.81. The van der Waals surface area contributed by atoms with Gasteiger partial charge in [-0.25, -0.2) is 0 Å². The first-order chi connectivity index (χ1) is 9.70. The summed E-state index contributed by atoms with van der Waals surface area (Å²) < 4.78 is 0. The lowest BCUT2D eigenvalue weighted by Gasteiger charge is -2.33. The highest BCUT2D eigenvalue weighted by Gasteiger charge is 2.29. The van der Waals surface area contributed by atoms with E-state index in [4.69, 9.17) is 0 Å². The fraction of sp³-hybridized carbons (Fsp3) is 0.357. The molecule has 0 bridgehead atoms. The van der Waals surface area contributed by atoms with Gasteiger partial charge in [0.15, 0.2) is 5.69 Å². The van der Waals surface area contributed by atoms with Crippen molar-refractivity contribution in [1.29, 1.82) is 0 Å². The zero-order chi connectivity index (χ0) is 14.1. The van der Waals surface area contributed by atoms with Crippen LogP contribution in [0.15, 0.2) is 23.6 Å². The molecule has 0 radical (unpaired) electrons. The number of carbonyl (C=O) groups excluding carboxylic acids is 1. The van der Waals surface area contributed by atoms with E-state index in [-0.39, 0.29) is 11.9 Å². The molecule has 2 aromatic heterocycles. The van der Waals surface area contributed by atoms with E-state index in [1.165, 1.54) is 10.4 Å². The van der Waals surface area contributed by atoms with Crippen LogP contribution in [0.4, 0.5) is 5.82 Å². The molecular weight excluding hydrogens is 272 g/mol. The van der Waals surface area contributed by atoms with Crippen molar-refractivity contribution in [2.45, 2.75) is 19.4 Å². The van der Waals surface area contributed by atoms with Crippen LogP contribution in [0.2, 0.25) is 0 Å². The van der Waals surface area contributed by atoms with Gasteiger partial charge in [0.1, 0.15) is 5.82 Å². The van der Waals surface area contributed by atoms with Crippen molar-refractivity contribution in [3.8, 4) is 0 Å². The van der Waals surface area contributed by atoms with Crippen molar-refractivity contribution in [2.75, 3.05) is 18.9 Å². The highest BCUT2D eigenvalue weighted by molar-refractivity contribution is 7.10. The third kappa shape index (κ3) is 2.16. The number of thiophene rings is 1. The summed E-state index contributed by atoms with van der Waals surface area (Å²) in [5, 5.41) is 13.0. The zero-order valence-electron chi connectivity index (χ0n) is 11.5. The minimum Gasteiger partial charge on any atom is -0.372 e. The molecular formula is C14H16N4OS. The monoisotopic (exact) mass is 288 g/mol.